The van der Waals surface area contributed by atoms with Crippen LogP contribution in [0.25, 0.3) is 0 Å². The van der Waals surface area contributed by atoms with Gasteiger partial charge in [0.15, 0.2) is 0 Å². The molecular weight excluding hydrogens is 188 g/mol. The van der Waals surface area contributed by atoms with Crippen molar-refractivity contribution in [3.8, 4) is 0 Å². The molecule has 0 amide bonds. The molecule has 2 heteroatoms. The quantitative estimate of drug-likeness (QED) is 0.799. The number of carboxylic acid groups (broad SMARTS) is 1. The minimum Gasteiger partial charge on any atom is -0.481 e. The summed E-state index contributed by atoms with van der Waals surface area (Å²) < 4.78 is 0. The molecule has 3 atom stereocenters. The summed E-state index contributed by atoms with van der Waals surface area (Å²) in [4.78, 5) is 11.4. The number of hydrogen-bond acceptors (Lipinski definition) is 1. The highest BCUT2D eigenvalue weighted by atomic mass is 16.4. The van der Waals surface area contributed by atoms with E-state index in [1.54, 1.807) is 0 Å². The summed E-state index contributed by atoms with van der Waals surface area (Å²) in [5, 5.41) is 9.39. The lowest BCUT2D eigenvalue weighted by Gasteiger charge is -2.09. The van der Waals surface area contributed by atoms with Gasteiger partial charge in [0.25, 0.3) is 0 Å². The summed E-state index contributed by atoms with van der Waals surface area (Å²) in [7, 11) is 0. The van der Waals surface area contributed by atoms with Crippen LogP contribution in [0.15, 0.2) is 24.3 Å². The van der Waals surface area contributed by atoms with E-state index in [1.807, 2.05) is 12.1 Å². The van der Waals surface area contributed by atoms with E-state index >= 15 is 0 Å². The smallest absolute Gasteiger partial charge is 0.310 e. The Kier molecular flexibility index (Phi) is 1.57. The maximum atomic E-state index is 11.4. The summed E-state index contributed by atoms with van der Waals surface area (Å²) in [5.74, 6) is 0.0525. The first kappa shape index (κ1) is 8.96. The van der Waals surface area contributed by atoms with Gasteiger partial charge in [-0.25, -0.2) is 0 Å². The van der Waals surface area contributed by atoms with Crippen LogP contribution in [0.4, 0.5) is 0 Å². The van der Waals surface area contributed by atoms with E-state index in [-0.39, 0.29) is 5.92 Å². The Morgan fingerprint density at radius 1 is 1.53 bits per heavy atom. The van der Waals surface area contributed by atoms with Crippen molar-refractivity contribution in [1.82, 2.24) is 0 Å². The van der Waals surface area contributed by atoms with E-state index in [0.29, 0.717) is 5.92 Å². The fourth-order valence-corrected chi connectivity index (χ4v) is 3.53. The maximum Gasteiger partial charge on any atom is 0.310 e. The van der Waals surface area contributed by atoms with Crippen LogP contribution in [0.5, 0.6) is 0 Å². The van der Waals surface area contributed by atoms with Crippen LogP contribution in [0.3, 0.4) is 0 Å². The first-order valence-corrected chi connectivity index (χ1v) is 5.53. The third-order valence-corrected chi connectivity index (χ3v) is 4.22. The molecule has 0 aromatic heterocycles. The van der Waals surface area contributed by atoms with E-state index in [2.05, 4.69) is 19.1 Å². The first-order chi connectivity index (χ1) is 7.21. The summed E-state index contributed by atoms with van der Waals surface area (Å²) in [6, 6.07) is 8.18. The summed E-state index contributed by atoms with van der Waals surface area (Å²) in [6.07, 6.45) is 1.72. The molecule has 0 saturated heterocycles. The minimum absolute atomic E-state index is 0.288. The molecule has 1 saturated carbocycles. The number of hydrogen-bond donors (Lipinski definition) is 1. The topological polar surface area (TPSA) is 37.3 Å². The Balaban J connectivity index is 2.08. The lowest BCUT2D eigenvalue weighted by Crippen LogP contribution is -2.19. The van der Waals surface area contributed by atoms with Crippen molar-refractivity contribution in [3.05, 3.63) is 35.4 Å². The molecule has 2 aliphatic carbocycles. The van der Waals surface area contributed by atoms with E-state index in [1.165, 1.54) is 11.1 Å². The van der Waals surface area contributed by atoms with Crippen LogP contribution in [-0.2, 0) is 11.2 Å². The van der Waals surface area contributed by atoms with Gasteiger partial charge in [0.2, 0.25) is 0 Å². The molecule has 15 heavy (non-hydrogen) atoms. The van der Waals surface area contributed by atoms with Gasteiger partial charge in [-0.05, 0) is 23.5 Å². The van der Waals surface area contributed by atoms with Crippen LogP contribution in [-0.4, -0.2) is 11.1 Å². The Labute approximate surface area is 88.9 Å². The molecule has 3 rings (SSSR count). The zero-order chi connectivity index (χ0) is 10.6. The Morgan fingerprint density at radius 2 is 2.27 bits per heavy atom. The van der Waals surface area contributed by atoms with Crippen molar-refractivity contribution in [2.24, 2.45) is 11.3 Å². The third-order valence-electron chi connectivity index (χ3n) is 4.22. The Hall–Kier alpha value is -1.31. The van der Waals surface area contributed by atoms with Crippen LogP contribution >= 0.6 is 0 Å². The van der Waals surface area contributed by atoms with Gasteiger partial charge >= 0.3 is 5.97 Å². The Morgan fingerprint density at radius 3 is 2.93 bits per heavy atom. The lowest BCUT2D eigenvalue weighted by molar-refractivity contribution is -0.144. The molecule has 3 unspecified atom stereocenters. The molecule has 1 aromatic rings. The van der Waals surface area contributed by atoms with Crippen molar-refractivity contribution < 1.29 is 9.90 Å². The number of carboxylic acids is 1. The molecular formula is C13H14O2. The van der Waals surface area contributed by atoms with Gasteiger partial charge in [0, 0.05) is 5.92 Å². The predicted octanol–water partition coefficient (Wildman–Crippen LogP) is 2.44. The monoisotopic (exact) mass is 202 g/mol. The highest BCUT2D eigenvalue weighted by Gasteiger charge is 2.72. The number of carbonyl (C=O) groups is 1. The van der Waals surface area contributed by atoms with Crippen LogP contribution in [0, 0.1) is 11.3 Å². The molecule has 1 N–H and O–H groups in total. The number of benzene rings is 1. The molecule has 2 aliphatic rings. The molecule has 0 heterocycles. The molecule has 1 aromatic carbocycles. The van der Waals surface area contributed by atoms with Gasteiger partial charge < -0.3 is 5.11 Å². The maximum absolute atomic E-state index is 11.4. The van der Waals surface area contributed by atoms with E-state index in [0.717, 1.165) is 12.8 Å². The van der Waals surface area contributed by atoms with Crippen molar-refractivity contribution in [2.75, 3.05) is 0 Å². The fourth-order valence-electron chi connectivity index (χ4n) is 3.53. The molecule has 1 fully saturated rings. The second kappa shape index (κ2) is 2.63. The third kappa shape index (κ3) is 0.876. The summed E-state index contributed by atoms with van der Waals surface area (Å²) in [5.41, 5.74) is 2.08. The van der Waals surface area contributed by atoms with E-state index in [9.17, 15) is 9.90 Å². The minimum atomic E-state index is -0.601. The largest absolute Gasteiger partial charge is 0.481 e. The molecule has 0 bridgehead atoms. The normalized spacial score (nSPS) is 35.8. The molecule has 0 spiro atoms. The second-order valence-electron chi connectivity index (χ2n) is 4.71. The standard InChI is InChI=1S/C13H14O2/c1-2-10-11-9-6-4-3-5-8(9)7-13(10,11)12(14)15/h3-6,10-11H,2,7H2,1H3,(H,14,15). The van der Waals surface area contributed by atoms with E-state index < -0.39 is 11.4 Å². The SMILES string of the molecule is CCC1C2c3ccccc3CC12C(=O)O. The highest BCUT2D eigenvalue weighted by molar-refractivity contribution is 5.84. The second-order valence-corrected chi connectivity index (χ2v) is 4.71. The van der Waals surface area contributed by atoms with Gasteiger partial charge in [0.1, 0.15) is 0 Å². The van der Waals surface area contributed by atoms with Gasteiger partial charge in [-0.2, -0.15) is 0 Å². The van der Waals surface area contributed by atoms with Crippen molar-refractivity contribution in [1.29, 1.82) is 0 Å². The van der Waals surface area contributed by atoms with Crippen LogP contribution < -0.4 is 0 Å². The fraction of sp³-hybridized carbons (Fsp3) is 0.462. The first-order valence-electron chi connectivity index (χ1n) is 5.53. The average molecular weight is 202 g/mol. The van der Waals surface area contributed by atoms with Crippen molar-refractivity contribution >= 4 is 5.97 Å². The van der Waals surface area contributed by atoms with Gasteiger partial charge in [-0.3, -0.25) is 4.79 Å². The average Bonchev–Trinajstić information content (AvgIpc) is 2.76. The van der Waals surface area contributed by atoms with Crippen LogP contribution in [0.1, 0.15) is 30.4 Å². The van der Waals surface area contributed by atoms with E-state index in [4.69, 9.17) is 0 Å². The van der Waals surface area contributed by atoms with Gasteiger partial charge in [-0.1, -0.05) is 37.6 Å². The summed E-state index contributed by atoms with van der Waals surface area (Å²) in [6.45, 7) is 2.09. The zero-order valence-electron chi connectivity index (χ0n) is 8.73. The van der Waals surface area contributed by atoms with Gasteiger partial charge in [-0.15, -0.1) is 0 Å². The highest BCUT2D eigenvalue weighted by Crippen LogP contribution is 2.72. The molecule has 2 nitrogen and oxygen atoms in total. The number of aliphatic carboxylic acids is 1. The van der Waals surface area contributed by atoms with Crippen molar-refractivity contribution in [2.45, 2.75) is 25.7 Å². The molecule has 0 radical (unpaired) electrons. The van der Waals surface area contributed by atoms with Crippen LogP contribution in [0.2, 0.25) is 0 Å². The van der Waals surface area contributed by atoms with Gasteiger partial charge in [0.05, 0.1) is 5.41 Å². The summed E-state index contributed by atoms with van der Waals surface area (Å²) >= 11 is 0. The lowest BCUT2D eigenvalue weighted by atomic mass is 9.95. The number of fused-ring (bicyclic) bond motifs is 3. The molecule has 78 valence electrons. The predicted molar refractivity (Wildman–Crippen MR) is 56.7 cm³/mol. The number of rotatable bonds is 2. The molecule has 0 aliphatic heterocycles. The zero-order valence-corrected chi connectivity index (χ0v) is 8.73. The Bertz CT molecular complexity index is 438. The van der Waals surface area contributed by atoms with Crippen molar-refractivity contribution in [3.63, 3.8) is 0 Å².